The van der Waals surface area contributed by atoms with Crippen LogP contribution < -0.4 is 0 Å². The highest BCUT2D eigenvalue weighted by Crippen LogP contribution is 2.35. The zero-order valence-corrected chi connectivity index (χ0v) is 17.5. The van der Waals surface area contributed by atoms with E-state index in [0.29, 0.717) is 23.7 Å². The Morgan fingerprint density at radius 2 is 1.52 bits per heavy atom. The highest BCUT2D eigenvalue weighted by atomic mass is 31.2. The summed E-state index contributed by atoms with van der Waals surface area (Å²) in [5.41, 5.74) is 1.89. The van der Waals surface area contributed by atoms with Gasteiger partial charge in [-0.1, -0.05) is 13.3 Å². The summed E-state index contributed by atoms with van der Waals surface area (Å²) in [5, 5.41) is 0. The Hall–Kier alpha value is -1.71. The van der Waals surface area contributed by atoms with E-state index in [1.165, 1.54) is 6.08 Å². The number of allylic oxidation sites excluding steroid dienone is 1. The molecule has 0 saturated carbocycles. The van der Waals surface area contributed by atoms with Crippen LogP contribution in [-0.4, -0.2) is 95.1 Å². The molecule has 0 aromatic carbocycles. The predicted octanol–water partition coefficient (Wildman–Crippen LogP) is 0.0929. The fraction of sp³-hybridized carbons (Fsp3) is 0.667. The second kappa shape index (κ2) is 9.40. The Balaban J connectivity index is 0.000000179. The molecule has 0 spiro atoms. The first-order chi connectivity index (χ1) is 13.8. The van der Waals surface area contributed by atoms with Crippen molar-refractivity contribution in [3.05, 3.63) is 23.2 Å². The first-order valence-electron chi connectivity index (χ1n) is 9.89. The number of ketones is 2. The van der Waals surface area contributed by atoms with Gasteiger partial charge in [-0.15, -0.1) is 0 Å². The minimum atomic E-state index is -4.30. The highest BCUT2D eigenvalue weighted by molar-refractivity contribution is 7.46. The van der Waals surface area contributed by atoms with E-state index in [1.807, 2.05) is 21.6 Å². The standard InChI is InChI=1S/C12H13N3O2.C6H15O5P/c16-9-7-8(13-1-2-13)12(17)11(15-5-6-15)10(9)14-3-4-14;1-2-3-4-10-5-6-11-12(7,8)9/h7H,1-6H2;2-6H2,1H3,(H2,7,8,9). The summed E-state index contributed by atoms with van der Waals surface area (Å²) in [4.78, 5) is 47.0. The molecule has 10 nitrogen and oxygen atoms in total. The van der Waals surface area contributed by atoms with E-state index in [4.69, 9.17) is 14.5 Å². The number of carbonyl (C=O) groups excluding carboxylic acids is 2. The van der Waals surface area contributed by atoms with Gasteiger partial charge >= 0.3 is 7.82 Å². The maximum absolute atomic E-state index is 12.4. The van der Waals surface area contributed by atoms with Gasteiger partial charge in [-0.2, -0.15) is 0 Å². The molecule has 3 heterocycles. The molecule has 3 fully saturated rings. The minimum absolute atomic E-state index is 0.00546. The lowest BCUT2D eigenvalue weighted by Gasteiger charge is -2.21. The Morgan fingerprint density at radius 3 is 2.03 bits per heavy atom. The van der Waals surface area contributed by atoms with Crippen molar-refractivity contribution in [1.29, 1.82) is 0 Å². The molecule has 3 saturated heterocycles. The molecule has 0 aromatic rings. The van der Waals surface area contributed by atoms with Gasteiger partial charge in [0.25, 0.3) is 0 Å². The summed E-state index contributed by atoms with van der Waals surface area (Å²) < 4.78 is 19.3. The molecular weight excluding hydrogens is 401 g/mol. The van der Waals surface area contributed by atoms with Gasteiger partial charge in [0, 0.05) is 52.0 Å². The third kappa shape index (κ3) is 6.65. The quantitative estimate of drug-likeness (QED) is 0.214. The molecular formula is C18H28N3O7P. The summed E-state index contributed by atoms with van der Waals surface area (Å²) >= 11 is 0. The van der Waals surface area contributed by atoms with Crippen LogP contribution in [0, 0.1) is 0 Å². The predicted molar refractivity (Wildman–Crippen MR) is 104 cm³/mol. The average Bonchev–Trinajstić information content (AvgIpc) is 3.50. The summed E-state index contributed by atoms with van der Waals surface area (Å²) in [7, 11) is -4.30. The lowest BCUT2D eigenvalue weighted by Crippen LogP contribution is -2.29. The van der Waals surface area contributed by atoms with Crippen LogP contribution in [0.1, 0.15) is 19.8 Å². The van der Waals surface area contributed by atoms with Crippen LogP contribution in [0.2, 0.25) is 0 Å². The van der Waals surface area contributed by atoms with E-state index in [0.717, 1.165) is 52.1 Å². The van der Waals surface area contributed by atoms with Crippen LogP contribution in [0.25, 0.3) is 0 Å². The molecule has 4 aliphatic rings. The fourth-order valence-electron chi connectivity index (χ4n) is 2.84. The van der Waals surface area contributed by atoms with Crippen molar-refractivity contribution < 1.29 is 33.2 Å². The fourth-order valence-corrected chi connectivity index (χ4v) is 3.15. The van der Waals surface area contributed by atoms with Gasteiger partial charge in [0.2, 0.25) is 11.6 Å². The number of unbranched alkanes of at least 4 members (excludes halogenated alkanes) is 1. The zero-order valence-electron chi connectivity index (χ0n) is 16.6. The van der Waals surface area contributed by atoms with Crippen LogP contribution >= 0.6 is 7.82 Å². The SMILES string of the molecule is CCCCOCCOP(=O)(O)O.O=C1C=C(N2CC2)C(=O)C(N2CC2)=C1N1CC1. The van der Waals surface area contributed by atoms with E-state index in [1.54, 1.807) is 0 Å². The summed E-state index contributed by atoms with van der Waals surface area (Å²) in [6.45, 7) is 8.22. The van der Waals surface area contributed by atoms with Crippen LogP contribution in [0.5, 0.6) is 0 Å². The number of ether oxygens (including phenoxy) is 1. The van der Waals surface area contributed by atoms with Crippen molar-refractivity contribution in [3.8, 4) is 0 Å². The number of nitrogens with zero attached hydrogens (tertiary/aromatic N) is 3. The molecule has 29 heavy (non-hydrogen) atoms. The van der Waals surface area contributed by atoms with E-state index < -0.39 is 7.82 Å². The molecule has 0 bridgehead atoms. The van der Waals surface area contributed by atoms with Crippen LogP contribution in [0.4, 0.5) is 0 Å². The second-order valence-corrected chi connectivity index (χ2v) is 8.41. The monoisotopic (exact) mass is 429 g/mol. The average molecular weight is 429 g/mol. The molecule has 0 amide bonds. The molecule has 3 aliphatic heterocycles. The van der Waals surface area contributed by atoms with Gasteiger partial charge < -0.3 is 29.2 Å². The molecule has 0 unspecified atom stereocenters. The third-order valence-corrected chi connectivity index (χ3v) is 5.14. The van der Waals surface area contributed by atoms with Crippen molar-refractivity contribution in [2.45, 2.75) is 19.8 Å². The van der Waals surface area contributed by atoms with Crippen molar-refractivity contribution in [1.82, 2.24) is 14.7 Å². The lowest BCUT2D eigenvalue weighted by molar-refractivity contribution is -0.117. The van der Waals surface area contributed by atoms with E-state index in [-0.39, 0.29) is 24.8 Å². The first-order valence-corrected chi connectivity index (χ1v) is 11.4. The maximum atomic E-state index is 12.4. The minimum Gasteiger partial charge on any atom is -0.379 e. The van der Waals surface area contributed by atoms with Gasteiger partial charge in [-0.25, -0.2) is 4.57 Å². The van der Waals surface area contributed by atoms with Crippen LogP contribution in [0.3, 0.4) is 0 Å². The summed E-state index contributed by atoms with van der Waals surface area (Å²) in [6.07, 6.45) is 3.52. The van der Waals surface area contributed by atoms with Crippen molar-refractivity contribution >= 4 is 19.4 Å². The van der Waals surface area contributed by atoms with Gasteiger partial charge in [-0.3, -0.25) is 14.1 Å². The highest BCUT2D eigenvalue weighted by Gasteiger charge is 2.43. The Morgan fingerprint density at radius 1 is 0.931 bits per heavy atom. The van der Waals surface area contributed by atoms with Crippen LogP contribution in [0.15, 0.2) is 23.2 Å². The third-order valence-electron chi connectivity index (χ3n) is 4.62. The van der Waals surface area contributed by atoms with Crippen molar-refractivity contribution in [2.24, 2.45) is 0 Å². The Kier molecular flexibility index (Phi) is 7.13. The molecule has 0 atom stereocenters. The molecule has 1 aliphatic carbocycles. The number of carbonyl (C=O) groups is 2. The molecule has 0 radical (unpaired) electrons. The lowest BCUT2D eigenvalue weighted by atomic mass is 10.0. The number of Topliss-reactive ketones (excluding diaryl/α,β-unsaturated/α-hetero) is 1. The largest absolute Gasteiger partial charge is 0.469 e. The van der Waals surface area contributed by atoms with Crippen LogP contribution in [-0.2, 0) is 23.4 Å². The first kappa shape index (κ1) is 22.0. The molecule has 11 heteroatoms. The smallest absolute Gasteiger partial charge is 0.379 e. The van der Waals surface area contributed by atoms with E-state index in [9.17, 15) is 14.2 Å². The second-order valence-electron chi connectivity index (χ2n) is 7.17. The van der Waals surface area contributed by atoms with Gasteiger partial charge in [0.15, 0.2) is 0 Å². The number of hydrogen-bond donors (Lipinski definition) is 2. The van der Waals surface area contributed by atoms with E-state index >= 15 is 0 Å². The number of hydrogen-bond acceptors (Lipinski definition) is 8. The van der Waals surface area contributed by atoms with E-state index in [2.05, 4.69) is 4.52 Å². The molecule has 162 valence electrons. The number of phosphoric acid groups is 1. The maximum Gasteiger partial charge on any atom is 0.469 e. The molecule has 4 rings (SSSR count). The number of rotatable bonds is 10. The van der Waals surface area contributed by atoms with Gasteiger partial charge in [-0.05, 0) is 6.42 Å². The zero-order chi connectivity index (χ0) is 21.0. The number of phosphoric ester groups is 1. The Bertz CT molecular complexity index is 749. The van der Waals surface area contributed by atoms with Crippen molar-refractivity contribution in [3.63, 3.8) is 0 Å². The normalized spacial score (nSPS) is 20.5. The molecule has 2 N–H and O–H groups in total. The van der Waals surface area contributed by atoms with Gasteiger partial charge in [0.1, 0.15) is 11.4 Å². The molecule has 0 aromatic heterocycles. The summed E-state index contributed by atoms with van der Waals surface area (Å²) in [5.74, 6) is 0.0485. The summed E-state index contributed by atoms with van der Waals surface area (Å²) in [6, 6.07) is 0. The Labute approximate surface area is 170 Å². The topological polar surface area (TPSA) is 119 Å². The van der Waals surface area contributed by atoms with Crippen molar-refractivity contribution in [2.75, 3.05) is 59.1 Å². The van der Waals surface area contributed by atoms with Gasteiger partial charge in [0.05, 0.1) is 18.9 Å².